The summed E-state index contributed by atoms with van der Waals surface area (Å²) in [6.07, 6.45) is 0. The SMILES string of the molecule is CC(CO)Nc1nc(SCc2cccc(F)c2F)nc2[nH]c(=O)c(SCCN(C)C)nc12. The molecule has 32 heavy (non-hydrogen) atoms. The number of aromatic amines is 1. The molecule has 0 spiro atoms. The maximum atomic E-state index is 14.0. The molecule has 172 valence electrons. The second kappa shape index (κ2) is 11.0. The van der Waals surface area contributed by atoms with Crippen molar-refractivity contribution in [3.05, 3.63) is 45.8 Å². The average Bonchev–Trinajstić information content (AvgIpc) is 2.75. The lowest BCUT2D eigenvalue weighted by atomic mass is 10.2. The van der Waals surface area contributed by atoms with Gasteiger partial charge in [0, 0.05) is 29.7 Å². The summed E-state index contributed by atoms with van der Waals surface area (Å²) in [5, 5.41) is 13.0. The summed E-state index contributed by atoms with van der Waals surface area (Å²) in [6.45, 7) is 2.40. The number of benzene rings is 1. The zero-order valence-electron chi connectivity index (χ0n) is 17.9. The molecule has 8 nitrogen and oxygen atoms in total. The van der Waals surface area contributed by atoms with Crippen LogP contribution in [0.3, 0.4) is 0 Å². The highest BCUT2D eigenvalue weighted by molar-refractivity contribution is 7.99. The standard InChI is InChI=1S/C20H24F2N6O2S2/c1-11(9-29)23-16-15-17(25-18(30)19(24-15)31-8-7-28(2)3)27-20(26-16)32-10-12-5-4-6-13(21)14(12)22/h4-6,11,29H,7-10H2,1-3H3,(H2,23,25,26,27,30). The van der Waals surface area contributed by atoms with Gasteiger partial charge in [-0.15, -0.1) is 0 Å². The number of rotatable bonds is 10. The van der Waals surface area contributed by atoms with Crippen LogP contribution in [-0.2, 0) is 5.75 Å². The van der Waals surface area contributed by atoms with E-state index in [0.29, 0.717) is 22.1 Å². The molecular weight excluding hydrogens is 458 g/mol. The highest BCUT2D eigenvalue weighted by Crippen LogP contribution is 2.27. The first-order valence-corrected chi connectivity index (χ1v) is 11.8. The molecule has 0 saturated carbocycles. The fourth-order valence-electron chi connectivity index (χ4n) is 2.61. The van der Waals surface area contributed by atoms with Gasteiger partial charge in [0.2, 0.25) is 0 Å². The zero-order valence-corrected chi connectivity index (χ0v) is 19.5. The average molecular weight is 483 g/mol. The Labute approximate surface area is 192 Å². The van der Waals surface area contributed by atoms with Gasteiger partial charge in [-0.25, -0.2) is 23.7 Å². The molecule has 0 bridgehead atoms. The van der Waals surface area contributed by atoms with E-state index in [4.69, 9.17) is 0 Å². The van der Waals surface area contributed by atoms with Crippen molar-refractivity contribution in [3.63, 3.8) is 0 Å². The van der Waals surface area contributed by atoms with Gasteiger partial charge in [0.05, 0.1) is 6.61 Å². The van der Waals surface area contributed by atoms with Crippen LogP contribution < -0.4 is 10.9 Å². The van der Waals surface area contributed by atoms with Crippen LogP contribution in [0.1, 0.15) is 12.5 Å². The van der Waals surface area contributed by atoms with Crippen LogP contribution in [0.2, 0.25) is 0 Å². The molecule has 0 amide bonds. The molecule has 3 rings (SSSR count). The zero-order chi connectivity index (χ0) is 23.3. The summed E-state index contributed by atoms with van der Waals surface area (Å²) >= 11 is 2.42. The predicted molar refractivity (Wildman–Crippen MR) is 123 cm³/mol. The number of aromatic nitrogens is 4. The van der Waals surface area contributed by atoms with Gasteiger partial charge in [-0.1, -0.05) is 35.7 Å². The number of fused-ring (bicyclic) bond motifs is 1. The summed E-state index contributed by atoms with van der Waals surface area (Å²) in [5.41, 5.74) is 0.389. The Morgan fingerprint density at radius 2 is 2.00 bits per heavy atom. The van der Waals surface area contributed by atoms with Crippen molar-refractivity contribution in [2.75, 3.05) is 38.3 Å². The first kappa shape index (κ1) is 24.4. The molecule has 0 aliphatic carbocycles. The van der Waals surface area contributed by atoms with E-state index in [-0.39, 0.29) is 40.3 Å². The summed E-state index contributed by atoms with van der Waals surface area (Å²) in [7, 11) is 3.89. The molecule has 12 heteroatoms. The van der Waals surface area contributed by atoms with Crippen LogP contribution in [0, 0.1) is 11.6 Å². The van der Waals surface area contributed by atoms with Crippen molar-refractivity contribution >= 4 is 40.5 Å². The number of nitrogens with one attached hydrogen (secondary N) is 2. The van der Waals surface area contributed by atoms with Crippen LogP contribution >= 0.6 is 23.5 Å². The van der Waals surface area contributed by atoms with Crippen molar-refractivity contribution in [2.24, 2.45) is 0 Å². The van der Waals surface area contributed by atoms with Crippen LogP contribution in [0.5, 0.6) is 0 Å². The summed E-state index contributed by atoms with van der Waals surface area (Å²) in [6, 6.07) is 3.65. The first-order valence-electron chi connectivity index (χ1n) is 9.81. The molecule has 1 atom stereocenters. The number of halogens is 2. The summed E-state index contributed by atoms with van der Waals surface area (Å²) in [5.74, 6) is -0.722. The third kappa shape index (κ3) is 6.15. The number of aliphatic hydroxyl groups is 1. The van der Waals surface area contributed by atoms with Gasteiger partial charge in [-0.05, 0) is 27.1 Å². The highest BCUT2D eigenvalue weighted by atomic mass is 32.2. The number of nitrogens with zero attached hydrogens (tertiary/aromatic N) is 4. The molecule has 2 heterocycles. The second-order valence-electron chi connectivity index (χ2n) is 7.30. The molecule has 0 aliphatic heterocycles. The van der Waals surface area contributed by atoms with Crippen LogP contribution in [0.25, 0.3) is 11.2 Å². The van der Waals surface area contributed by atoms with Crippen LogP contribution in [0.15, 0.2) is 33.2 Å². The Bertz CT molecular complexity index is 1150. The molecule has 0 fully saturated rings. The lowest BCUT2D eigenvalue weighted by Crippen LogP contribution is -2.22. The molecular formula is C20H24F2N6O2S2. The lowest BCUT2D eigenvalue weighted by Gasteiger charge is -2.14. The van der Waals surface area contributed by atoms with Crippen molar-refractivity contribution in [2.45, 2.75) is 28.9 Å². The van der Waals surface area contributed by atoms with Crippen molar-refractivity contribution in [1.29, 1.82) is 0 Å². The van der Waals surface area contributed by atoms with Gasteiger partial charge in [-0.3, -0.25) is 4.79 Å². The Balaban J connectivity index is 1.94. The Hall–Kier alpha value is -2.28. The lowest BCUT2D eigenvalue weighted by molar-refractivity contribution is 0.281. The minimum atomic E-state index is -0.922. The van der Waals surface area contributed by atoms with E-state index in [2.05, 4.69) is 25.3 Å². The Kier molecular flexibility index (Phi) is 8.40. The number of aliphatic hydroxyl groups excluding tert-OH is 1. The molecule has 3 N–H and O–H groups in total. The summed E-state index contributed by atoms with van der Waals surface area (Å²) < 4.78 is 27.4. The van der Waals surface area contributed by atoms with E-state index in [1.54, 1.807) is 6.92 Å². The van der Waals surface area contributed by atoms with E-state index < -0.39 is 11.6 Å². The number of anilines is 1. The maximum Gasteiger partial charge on any atom is 0.282 e. The molecule has 3 aromatic rings. The van der Waals surface area contributed by atoms with Crippen LogP contribution in [-0.4, -0.2) is 69.0 Å². The minimum absolute atomic E-state index is 0.0974. The van der Waals surface area contributed by atoms with Gasteiger partial charge in [0.15, 0.2) is 33.3 Å². The normalized spacial score (nSPS) is 12.5. The van der Waals surface area contributed by atoms with Gasteiger partial charge in [-0.2, -0.15) is 0 Å². The maximum absolute atomic E-state index is 14.0. The van der Waals surface area contributed by atoms with Gasteiger partial charge >= 0.3 is 0 Å². The molecule has 0 aliphatic rings. The van der Waals surface area contributed by atoms with Crippen molar-refractivity contribution in [3.8, 4) is 0 Å². The molecule has 1 aromatic carbocycles. The third-order valence-electron chi connectivity index (χ3n) is 4.33. The second-order valence-corrected chi connectivity index (χ2v) is 9.33. The minimum Gasteiger partial charge on any atom is -0.394 e. The highest BCUT2D eigenvalue weighted by Gasteiger charge is 2.16. The topological polar surface area (TPSA) is 107 Å². The fourth-order valence-corrected chi connectivity index (χ4v) is 4.42. The number of H-pyrrole nitrogens is 1. The molecule has 0 saturated heterocycles. The number of thioether (sulfide) groups is 2. The molecule has 2 aromatic heterocycles. The van der Waals surface area contributed by atoms with E-state index in [1.165, 1.54) is 23.9 Å². The van der Waals surface area contributed by atoms with E-state index >= 15 is 0 Å². The summed E-state index contributed by atoms with van der Waals surface area (Å²) in [4.78, 5) is 30.5. The van der Waals surface area contributed by atoms with Gasteiger partial charge < -0.3 is 20.3 Å². The number of hydrogen-bond donors (Lipinski definition) is 3. The van der Waals surface area contributed by atoms with E-state index in [0.717, 1.165) is 24.4 Å². The largest absolute Gasteiger partial charge is 0.394 e. The Morgan fingerprint density at radius 3 is 2.72 bits per heavy atom. The van der Waals surface area contributed by atoms with E-state index in [9.17, 15) is 18.7 Å². The van der Waals surface area contributed by atoms with Gasteiger partial charge in [0.1, 0.15) is 5.52 Å². The predicted octanol–water partition coefficient (Wildman–Crippen LogP) is 2.73. The van der Waals surface area contributed by atoms with Gasteiger partial charge in [0.25, 0.3) is 5.56 Å². The third-order valence-corrected chi connectivity index (χ3v) is 6.16. The smallest absolute Gasteiger partial charge is 0.282 e. The first-order chi connectivity index (χ1) is 15.3. The number of hydrogen-bond acceptors (Lipinski definition) is 9. The monoisotopic (exact) mass is 482 g/mol. The van der Waals surface area contributed by atoms with E-state index in [1.807, 2.05) is 19.0 Å². The van der Waals surface area contributed by atoms with Crippen molar-refractivity contribution < 1.29 is 13.9 Å². The molecule has 0 radical (unpaired) electrons. The Morgan fingerprint density at radius 1 is 1.22 bits per heavy atom. The van der Waals surface area contributed by atoms with Crippen molar-refractivity contribution in [1.82, 2.24) is 24.8 Å². The molecule has 1 unspecified atom stereocenters. The van der Waals surface area contributed by atoms with Crippen LogP contribution in [0.4, 0.5) is 14.6 Å². The quantitative estimate of drug-likeness (QED) is 0.297. The fraction of sp³-hybridized carbons (Fsp3) is 0.400.